The number of benzene rings is 1. The average molecular weight is 296 g/mol. The zero-order valence-electron chi connectivity index (χ0n) is 9.13. The fourth-order valence-corrected chi connectivity index (χ4v) is 2.05. The Morgan fingerprint density at radius 2 is 2.06 bits per heavy atom. The Labute approximate surface area is 106 Å². The summed E-state index contributed by atoms with van der Waals surface area (Å²) in [7, 11) is 1.87. The second kappa shape index (κ2) is 4.67. The van der Waals surface area contributed by atoms with Crippen molar-refractivity contribution in [3.05, 3.63) is 56.3 Å². The zero-order chi connectivity index (χ0) is 12.4. The van der Waals surface area contributed by atoms with Crippen molar-refractivity contribution in [3.63, 3.8) is 0 Å². The molecule has 0 spiro atoms. The summed E-state index contributed by atoms with van der Waals surface area (Å²) in [6, 6.07) is 6.55. The highest BCUT2D eigenvalue weighted by molar-refractivity contribution is 9.10. The van der Waals surface area contributed by atoms with E-state index < -0.39 is 4.92 Å². The van der Waals surface area contributed by atoms with Gasteiger partial charge in [0.25, 0.3) is 5.69 Å². The molecule has 1 aromatic heterocycles. The molecule has 0 N–H and O–H groups in total. The lowest BCUT2D eigenvalue weighted by Gasteiger charge is -2.03. The molecule has 0 aliphatic carbocycles. The molecular weight excluding hydrogens is 286 g/mol. The normalized spacial score (nSPS) is 10.5. The minimum absolute atomic E-state index is 0.109. The van der Waals surface area contributed by atoms with Crippen LogP contribution in [0.2, 0.25) is 0 Å². The van der Waals surface area contributed by atoms with Gasteiger partial charge in [0.15, 0.2) is 0 Å². The third kappa shape index (κ3) is 2.52. The van der Waals surface area contributed by atoms with Gasteiger partial charge in [-0.15, -0.1) is 0 Å². The molecule has 0 aliphatic heterocycles. The second-order valence-electron chi connectivity index (χ2n) is 3.66. The number of rotatable bonds is 3. The van der Waals surface area contributed by atoms with Crippen molar-refractivity contribution in [3.8, 4) is 0 Å². The molecular formula is C11H10BrN3O2. The molecule has 6 heteroatoms. The second-order valence-corrected chi connectivity index (χ2v) is 4.52. The molecule has 2 rings (SSSR count). The van der Waals surface area contributed by atoms with E-state index in [1.165, 1.54) is 12.1 Å². The van der Waals surface area contributed by atoms with Crippen LogP contribution in [0.1, 0.15) is 11.3 Å². The predicted octanol–water partition coefficient (Wildman–Crippen LogP) is 2.68. The standard InChI is InChI=1S/C11H10BrN3O2/c1-14-11(10(12)7-13-14)6-8-2-4-9(5-3-8)15(16)17/h2-5,7H,6H2,1H3. The van der Waals surface area contributed by atoms with Gasteiger partial charge in [0.1, 0.15) is 0 Å². The molecule has 0 fully saturated rings. The monoisotopic (exact) mass is 295 g/mol. The number of halogens is 1. The van der Waals surface area contributed by atoms with E-state index >= 15 is 0 Å². The maximum Gasteiger partial charge on any atom is 0.269 e. The summed E-state index contributed by atoms with van der Waals surface area (Å²) in [6.45, 7) is 0. The zero-order valence-corrected chi connectivity index (χ0v) is 10.7. The third-order valence-corrected chi connectivity index (χ3v) is 3.19. The van der Waals surface area contributed by atoms with Gasteiger partial charge >= 0.3 is 0 Å². The van der Waals surface area contributed by atoms with Crippen molar-refractivity contribution in [2.75, 3.05) is 0 Å². The minimum Gasteiger partial charge on any atom is -0.271 e. The van der Waals surface area contributed by atoms with Gasteiger partial charge in [0.05, 0.1) is 21.3 Å². The summed E-state index contributed by atoms with van der Waals surface area (Å²) in [6.07, 6.45) is 2.43. The molecule has 0 amide bonds. The van der Waals surface area contributed by atoms with E-state index in [0.717, 1.165) is 15.7 Å². The van der Waals surface area contributed by atoms with Gasteiger partial charge in [-0.1, -0.05) is 12.1 Å². The number of nitrogens with zero attached hydrogens (tertiary/aromatic N) is 3. The fourth-order valence-electron chi connectivity index (χ4n) is 1.56. The van der Waals surface area contributed by atoms with Crippen molar-refractivity contribution >= 4 is 21.6 Å². The van der Waals surface area contributed by atoms with Crippen LogP contribution in [0.3, 0.4) is 0 Å². The van der Waals surface area contributed by atoms with Crippen LogP contribution in [0, 0.1) is 10.1 Å². The Hall–Kier alpha value is -1.69. The van der Waals surface area contributed by atoms with E-state index in [1.807, 2.05) is 7.05 Å². The Kier molecular flexibility index (Phi) is 3.23. The summed E-state index contributed by atoms with van der Waals surface area (Å²) < 4.78 is 2.73. The van der Waals surface area contributed by atoms with Gasteiger partial charge < -0.3 is 0 Å². The molecule has 1 aromatic carbocycles. The number of non-ortho nitro benzene ring substituents is 1. The molecule has 88 valence electrons. The Morgan fingerprint density at radius 3 is 2.53 bits per heavy atom. The third-order valence-electron chi connectivity index (χ3n) is 2.53. The first-order chi connectivity index (χ1) is 8.08. The van der Waals surface area contributed by atoms with E-state index in [9.17, 15) is 10.1 Å². The number of hydrogen-bond acceptors (Lipinski definition) is 3. The van der Waals surface area contributed by atoms with E-state index in [-0.39, 0.29) is 5.69 Å². The molecule has 0 aliphatic rings. The lowest BCUT2D eigenvalue weighted by Crippen LogP contribution is -1.99. The summed E-state index contributed by atoms with van der Waals surface area (Å²) >= 11 is 3.42. The van der Waals surface area contributed by atoms with Crippen LogP contribution in [-0.2, 0) is 13.5 Å². The molecule has 2 aromatic rings. The van der Waals surface area contributed by atoms with Gasteiger partial charge in [-0.05, 0) is 21.5 Å². The lowest BCUT2D eigenvalue weighted by molar-refractivity contribution is -0.384. The van der Waals surface area contributed by atoms with Crippen molar-refractivity contribution < 1.29 is 4.92 Å². The molecule has 17 heavy (non-hydrogen) atoms. The predicted molar refractivity (Wildman–Crippen MR) is 66.8 cm³/mol. The number of nitro benzene ring substituents is 1. The number of hydrogen-bond donors (Lipinski definition) is 0. The van der Waals surface area contributed by atoms with E-state index in [4.69, 9.17) is 0 Å². The highest BCUT2D eigenvalue weighted by atomic mass is 79.9. The first-order valence-electron chi connectivity index (χ1n) is 4.97. The summed E-state index contributed by atoms with van der Waals surface area (Å²) in [5, 5.41) is 14.6. The largest absolute Gasteiger partial charge is 0.271 e. The Balaban J connectivity index is 2.22. The average Bonchev–Trinajstić information content (AvgIpc) is 2.61. The van der Waals surface area contributed by atoms with Crippen molar-refractivity contribution in [1.29, 1.82) is 0 Å². The molecule has 0 unspecified atom stereocenters. The van der Waals surface area contributed by atoms with Crippen LogP contribution in [-0.4, -0.2) is 14.7 Å². The van der Waals surface area contributed by atoms with Gasteiger partial charge in [0, 0.05) is 25.6 Å². The molecule has 0 radical (unpaired) electrons. The SMILES string of the molecule is Cn1ncc(Br)c1Cc1ccc([N+](=O)[O-])cc1. The summed E-state index contributed by atoms with van der Waals surface area (Å²) in [4.78, 5) is 10.1. The van der Waals surface area contributed by atoms with Crippen molar-refractivity contribution in [2.24, 2.45) is 7.05 Å². The van der Waals surface area contributed by atoms with Crippen molar-refractivity contribution in [1.82, 2.24) is 9.78 Å². The molecule has 1 heterocycles. The van der Waals surface area contributed by atoms with Crippen LogP contribution in [0.25, 0.3) is 0 Å². The van der Waals surface area contributed by atoms with Crippen LogP contribution in [0.5, 0.6) is 0 Å². The van der Waals surface area contributed by atoms with E-state index in [1.54, 1.807) is 23.0 Å². The van der Waals surface area contributed by atoms with Gasteiger partial charge in [-0.3, -0.25) is 14.8 Å². The van der Waals surface area contributed by atoms with Crippen LogP contribution >= 0.6 is 15.9 Å². The van der Waals surface area contributed by atoms with E-state index in [0.29, 0.717) is 6.42 Å². The number of nitro groups is 1. The molecule has 0 atom stereocenters. The molecule has 0 saturated heterocycles. The Morgan fingerprint density at radius 1 is 1.41 bits per heavy atom. The topological polar surface area (TPSA) is 61.0 Å². The van der Waals surface area contributed by atoms with Crippen LogP contribution in [0.15, 0.2) is 34.9 Å². The highest BCUT2D eigenvalue weighted by Gasteiger charge is 2.08. The first-order valence-corrected chi connectivity index (χ1v) is 5.77. The smallest absolute Gasteiger partial charge is 0.269 e. The quantitative estimate of drug-likeness (QED) is 0.646. The minimum atomic E-state index is -0.399. The van der Waals surface area contributed by atoms with Crippen molar-refractivity contribution in [2.45, 2.75) is 6.42 Å². The molecule has 0 bridgehead atoms. The maximum absolute atomic E-state index is 10.5. The van der Waals surface area contributed by atoms with E-state index in [2.05, 4.69) is 21.0 Å². The van der Waals surface area contributed by atoms with Crippen LogP contribution < -0.4 is 0 Å². The van der Waals surface area contributed by atoms with Gasteiger partial charge in [-0.25, -0.2) is 0 Å². The summed E-state index contributed by atoms with van der Waals surface area (Å²) in [5.74, 6) is 0. The number of aryl methyl sites for hydroxylation is 1. The summed E-state index contributed by atoms with van der Waals surface area (Å²) in [5.41, 5.74) is 2.16. The lowest BCUT2D eigenvalue weighted by atomic mass is 10.1. The molecule has 0 saturated carbocycles. The Bertz CT molecular complexity index is 529. The van der Waals surface area contributed by atoms with Crippen LogP contribution in [0.4, 0.5) is 5.69 Å². The highest BCUT2D eigenvalue weighted by Crippen LogP contribution is 2.20. The maximum atomic E-state index is 10.5. The number of aromatic nitrogens is 2. The van der Waals surface area contributed by atoms with Gasteiger partial charge in [-0.2, -0.15) is 5.10 Å². The molecule has 5 nitrogen and oxygen atoms in total. The van der Waals surface area contributed by atoms with Gasteiger partial charge in [0.2, 0.25) is 0 Å². The first kappa shape index (κ1) is 11.8. The fraction of sp³-hybridized carbons (Fsp3) is 0.182.